The lowest BCUT2D eigenvalue weighted by Crippen LogP contribution is -2.25. The van der Waals surface area contributed by atoms with Gasteiger partial charge in [-0.1, -0.05) is 176 Å². The molecule has 0 bridgehead atoms. The molecule has 0 saturated carbocycles. The van der Waals surface area contributed by atoms with Gasteiger partial charge in [-0.2, -0.15) is 0 Å². The first-order valence-corrected chi connectivity index (χ1v) is 20.2. The Kier molecular flexibility index (Phi) is 8.78. The van der Waals surface area contributed by atoms with Crippen molar-refractivity contribution >= 4 is 55.3 Å². The summed E-state index contributed by atoms with van der Waals surface area (Å²) in [6.45, 7) is 0. The quantitative estimate of drug-likeness (QED) is 0.124. The molecule has 0 unspecified atom stereocenters. The summed E-state index contributed by atoms with van der Waals surface area (Å²) in [6, 6.07) is 69.5. The van der Waals surface area contributed by atoms with Crippen LogP contribution in [0.3, 0.4) is 0 Å². The molecular formula is C53H36N8. The Morgan fingerprint density at radius 2 is 0.934 bits per heavy atom. The lowest BCUT2D eigenvalue weighted by atomic mass is 10.1. The summed E-state index contributed by atoms with van der Waals surface area (Å²) in [5.74, 6) is 2.38. The number of nitrogens with one attached hydrogen (secondary N) is 2. The van der Waals surface area contributed by atoms with Gasteiger partial charge in [0.2, 0.25) is 0 Å². The Balaban J connectivity index is 1.01. The summed E-state index contributed by atoms with van der Waals surface area (Å²) in [4.78, 5) is 19.6. The topological polar surface area (TPSA) is 96.8 Å². The van der Waals surface area contributed by atoms with E-state index in [2.05, 4.69) is 106 Å². The Morgan fingerprint density at radius 1 is 0.426 bits per heavy atom. The van der Waals surface area contributed by atoms with Crippen molar-refractivity contribution in [1.29, 1.82) is 5.41 Å². The number of benzene rings is 8. The summed E-state index contributed by atoms with van der Waals surface area (Å²) in [5, 5.41) is 14.0. The second kappa shape index (κ2) is 15.0. The van der Waals surface area contributed by atoms with E-state index in [4.69, 9.17) is 19.9 Å². The molecule has 0 amide bonds. The van der Waals surface area contributed by atoms with E-state index >= 15 is 0 Å². The molecule has 8 heteroatoms. The third-order valence-electron chi connectivity index (χ3n) is 11.1. The zero-order valence-electron chi connectivity index (χ0n) is 32.8. The van der Waals surface area contributed by atoms with Crippen LogP contribution in [0.15, 0.2) is 211 Å². The smallest absolute Gasteiger partial charge is 0.164 e. The first kappa shape index (κ1) is 35.7. The van der Waals surface area contributed by atoms with Crippen molar-refractivity contribution < 1.29 is 0 Å². The average molecular weight is 785 g/mol. The van der Waals surface area contributed by atoms with Gasteiger partial charge < -0.3 is 4.57 Å². The predicted molar refractivity (Wildman–Crippen MR) is 249 cm³/mol. The number of aromatic nitrogens is 5. The number of aliphatic imine (C=N–C) groups is 1. The molecule has 0 spiro atoms. The molecule has 61 heavy (non-hydrogen) atoms. The zero-order chi connectivity index (χ0) is 40.7. The molecule has 288 valence electrons. The zero-order valence-corrected chi connectivity index (χ0v) is 32.8. The molecule has 3 heterocycles. The Bertz CT molecular complexity index is 3370. The first-order valence-electron chi connectivity index (χ1n) is 20.2. The average Bonchev–Trinajstić information content (AvgIpc) is 3.85. The van der Waals surface area contributed by atoms with E-state index in [9.17, 15) is 5.41 Å². The molecule has 0 saturated heterocycles. The number of nitrogens with zero attached hydrogens (tertiary/aromatic N) is 6. The number of hydrogen-bond donors (Lipinski definition) is 2. The Morgan fingerprint density at radius 3 is 1.56 bits per heavy atom. The molecule has 11 aromatic rings. The van der Waals surface area contributed by atoms with Gasteiger partial charge in [0.25, 0.3) is 0 Å². The number of para-hydroxylation sites is 3. The van der Waals surface area contributed by atoms with Crippen LogP contribution in [0.1, 0.15) is 11.1 Å². The van der Waals surface area contributed by atoms with Gasteiger partial charge in [0.1, 0.15) is 0 Å². The van der Waals surface area contributed by atoms with Crippen LogP contribution in [0.4, 0.5) is 0 Å². The standard InChI is InChI=1S/C53H36N8/c54-49(35-29-31-39(32-30-35)52-57-50(36-17-5-1-6-18-36)56-51(58-52)37-19-7-2-8-20-37)55-53(38-21-9-3-10-22-38)59-61-45-28-16-14-26-43(45)47-46(61)34-33-42-41-25-13-15-27-44(41)60(48(42)47)40-23-11-4-12-24-40/h1-34H,(H2,54,55,59). The van der Waals surface area contributed by atoms with Crippen molar-refractivity contribution in [2.75, 3.05) is 5.43 Å². The molecule has 2 N–H and O–H groups in total. The normalized spacial score (nSPS) is 11.8. The lowest BCUT2D eigenvalue weighted by Gasteiger charge is -2.15. The molecule has 3 aromatic heterocycles. The molecule has 0 aliphatic rings. The van der Waals surface area contributed by atoms with Crippen molar-refractivity contribution in [1.82, 2.24) is 24.2 Å². The van der Waals surface area contributed by atoms with Crippen molar-refractivity contribution in [3.05, 3.63) is 217 Å². The fourth-order valence-corrected chi connectivity index (χ4v) is 8.22. The van der Waals surface area contributed by atoms with Gasteiger partial charge in [-0.15, -0.1) is 0 Å². The summed E-state index contributed by atoms with van der Waals surface area (Å²) in [5.41, 5.74) is 13.2. The van der Waals surface area contributed by atoms with Gasteiger partial charge in [-0.3, -0.25) is 15.5 Å². The molecule has 8 aromatic carbocycles. The minimum absolute atomic E-state index is 0.107. The predicted octanol–water partition coefficient (Wildman–Crippen LogP) is 12.1. The maximum absolute atomic E-state index is 9.34. The summed E-state index contributed by atoms with van der Waals surface area (Å²) in [7, 11) is 0. The highest BCUT2D eigenvalue weighted by molar-refractivity contribution is 6.26. The number of fused-ring (bicyclic) bond motifs is 7. The lowest BCUT2D eigenvalue weighted by molar-refractivity contribution is 1.07. The molecular weight excluding hydrogens is 749 g/mol. The molecule has 0 fully saturated rings. The van der Waals surface area contributed by atoms with Gasteiger partial charge in [-0.05, 0) is 30.3 Å². The van der Waals surface area contributed by atoms with Crippen LogP contribution in [-0.2, 0) is 0 Å². The van der Waals surface area contributed by atoms with Crippen LogP contribution in [-0.4, -0.2) is 35.9 Å². The van der Waals surface area contributed by atoms with E-state index in [0.717, 1.165) is 60.8 Å². The van der Waals surface area contributed by atoms with Crippen molar-refractivity contribution in [3.8, 4) is 39.9 Å². The molecule has 8 nitrogen and oxygen atoms in total. The Labute approximate surface area is 351 Å². The highest BCUT2D eigenvalue weighted by atomic mass is 15.4. The number of rotatable bonds is 7. The van der Waals surface area contributed by atoms with E-state index in [-0.39, 0.29) is 5.84 Å². The van der Waals surface area contributed by atoms with Gasteiger partial charge >= 0.3 is 0 Å². The molecule has 0 aliphatic carbocycles. The third kappa shape index (κ3) is 6.40. The minimum atomic E-state index is 0.107. The van der Waals surface area contributed by atoms with E-state index in [1.165, 1.54) is 10.8 Å². The second-order valence-electron chi connectivity index (χ2n) is 14.8. The van der Waals surface area contributed by atoms with Crippen LogP contribution >= 0.6 is 0 Å². The highest BCUT2D eigenvalue weighted by Gasteiger charge is 2.21. The fourth-order valence-electron chi connectivity index (χ4n) is 8.22. The maximum Gasteiger partial charge on any atom is 0.164 e. The van der Waals surface area contributed by atoms with E-state index in [1.807, 2.05) is 115 Å². The van der Waals surface area contributed by atoms with Crippen molar-refractivity contribution in [3.63, 3.8) is 0 Å². The van der Waals surface area contributed by atoms with Crippen LogP contribution < -0.4 is 5.43 Å². The van der Waals surface area contributed by atoms with E-state index < -0.39 is 0 Å². The van der Waals surface area contributed by atoms with Crippen LogP contribution in [0.25, 0.3) is 83.5 Å². The number of hydrogen-bond acceptors (Lipinski definition) is 4. The first-order chi connectivity index (χ1) is 30.2. The second-order valence-corrected chi connectivity index (χ2v) is 14.8. The van der Waals surface area contributed by atoms with Gasteiger partial charge in [0, 0.05) is 55.0 Å². The van der Waals surface area contributed by atoms with Crippen LogP contribution in [0.5, 0.6) is 0 Å². The van der Waals surface area contributed by atoms with Crippen molar-refractivity contribution in [2.24, 2.45) is 4.99 Å². The Hall–Kier alpha value is -8.49. The van der Waals surface area contributed by atoms with Crippen molar-refractivity contribution in [2.45, 2.75) is 0 Å². The summed E-state index contributed by atoms with van der Waals surface area (Å²) in [6.07, 6.45) is 0. The van der Waals surface area contributed by atoms with Crippen LogP contribution in [0, 0.1) is 5.41 Å². The fraction of sp³-hybridized carbons (Fsp3) is 0. The molecule has 11 rings (SSSR count). The molecule has 0 radical (unpaired) electrons. The summed E-state index contributed by atoms with van der Waals surface area (Å²) >= 11 is 0. The van der Waals surface area contributed by atoms with Crippen LogP contribution in [0.2, 0.25) is 0 Å². The minimum Gasteiger partial charge on any atom is -0.309 e. The largest absolute Gasteiger partial charge is 0.309 e. The molecule has 0 atom stereocenters. The third-order valence-corrected chi connectivity index (χ3v) is 11.1. The summed E-state index contributed by atoms with van der Waals surface area (Å²) < 4.78 is 4.48. The van der Waals surface area contributed by atoms with E-state index in [0.29, 0.717) is 28.9 Å². The molecule has 0 aliphatic heterocycles. The van der Waals surface area contributed by atoms with E-state index in [1.54, 1.807) is 0 Å². The van der Waals surface area contributed by atoms with Gasteiger partial charge in [0.15, 0.2) is 29.1 Å². The van der Waals surface area contributed by atoms with Gasteiger partial charge in [-0.25, -0.2) is 19.9 Å². The van der Waals surface area contributed by atoms with Gasteiger partial charge in [0.05, 0.1) is 22.1 Å². The highest BCUT2D eigenvalue weighted by Crippen LogP contribution is 2.40. The maximum atomic E-state index is 9.34. The monoisotopic (exact) mass is 784 g/mol. The SMILES string of the molecule is N=C(/N=C(\Nn1c2ccccc2c2c1ccc1c3ccccc3n(-c3ccccc3)c12)c1ccccc1)c1ccc(-c2nc(-c3ccccc3)nc(-c3ccccc3)n2)cc1. The number of amidine groups is 2.